The van der Waals surface area contributed by atoms with Crippen LogP contribution >= 0.6 is 0 Å². The zero-order chi connectivity index (χ0) is 11.1. The van der Waals surface area contributed by atoms with E-state index in [2.05, 4.69) is 21.0 Å². The minimum atomic E-state index is 0.0899. The summed E-state index contributed by atoms with van der Waals surface area (Å²) in [6, 6.07) is 0. The SMILES string of the molecule is C#CCCN1CCN(CC(=O)NC)CC1. The molecule has 84 valence electrons. The van der Waals surface area contributed by atoms with Gasteiger partial charge in [0, 0.05) is 46.2 Å². The Morgan fingerprint density at radius 2 is 1.93 bits per heavy atom. The minimum absolute atomic E-state index is 0.0899. The van der Waals surface area contributed by atoms with E-state index in [-0.39, 0.29) is 5.91 Å². The quantitative estimate of drug-likeness (QED) is 0.626. The van der Waals surface area contributed by atoms with Gasteiger partial charge in [0.05, 0.1) is 6.54 Å². The number of nitrogens with one attached hydrogen (secondary N) is 1. The highest BCUT2D eigenvalue weighted by Crippen LogP contribution is 2.01. The summed E-state index contributed by atoms with van der Waals surface area (Å²) in [6.07, 6.45) is 6.03. The zero-order valence-corrected chi connectivity index (χ0v) is 9.33. The van der Waals surface area contributed by atoms with E-state index in [0.29, 0.717) is 6.54 Å². The average molecular weight is 209 g/mol. The first-order chi connectivity index (χ1) is 7.26. The number of piperazine rings is 1. The van der Waals surface area contributed by atoms with Gasteiger partial charge in [0.15, 0.2) is 0 Å². The van der Waals surface area contributed by atoms with E-state index in [1.54, 1.807) is 7.05 Å². The molecular weight excluding hydrogens is 190 g/mol. The normalized spacial score (nSPS) is 18.4. The van der Waals surface area contributed by atoms with Gasteiger partial charge >= 0.3 is 0 Å². The largest absolute Gasteiger partial charge is 0.358 e. The predicted molar refractivity (Wildman–Crippen MR) is 60.4 cm³/mol. The molecule has 0 radical (unpaired) electrons. The Bertz CT molecular complexity index is 239. The third kappa shape index (κ3) is 4.32. The van der Waals surface area contributed by atoms with E-state index in [0.717, 1.165) is 39.1 Å². The summed E-state index contributed by atoms with van der Waals surface area (Å²) >= 11 is 0. The lowest BCUT2D eigenvalue weighted by Gasteiger charge is -2.33. The summed E-state index contributed by atoms with van der Waals surface area (Å²) in [5, 5.41) is 2.64. The van der Waals surface area contributed by atoms with E-state index in [1.807, 2.05) is 0 Å². The van der Waals surface area contributed by atoms with Crippen molar-refractivity contribution >= 4 is 5.91 Å². The number of likely N-dealkylation sites (N-methyl/N-ethyl adjacent to an activating group) is 1. The van der Waals surface area contributed by atoms with Crippen LogP contribution in [0.1, 0.15) is 6.42 Å². The smallest absolute Gasteiger partial charge is 0.233 e. The van der Waals surface area contributed by atoms with Gasteiger partial charge in [0.2, 0.25) is 5.91 Å². The van der Waals surface area contributed by atoms with Crippen LogP contribution in [0.25, 0.3) is 0 Å². The second-order valence-electron chi connectivity index (χ2n) is 3.75. The summed E-state index contributed by atoms with van der Waals surface area (Å²) in [7, 11) is 1.67. The maximum Gasteiger partial charge on any atom is 0.233 e. The lowest BCUT2D eigenvalue weighted by atomic mass is 10.3. The molecule has 1 fully saturated rings. The number of nitrogens with zero attached hydrogens (tertiary/aromatic N) is 2. The van der Waals surface area contributed by atoms with Crippen LogP contribution in [0, 0.1) is 12.3 Å². The fraction of sp³-hybridized carbons (Fsp3) is 0.727. The number of carbonyl (C=O) groups excluding carboxylic acids is 1. The molecule has 0 aliphatic carbocycles. The number of amides is 1. The number of hydrogen-bond donors (Lipinski definition) is 1. The van der Waals surface area contributed by atoms with Gasteiger partial charge in [-0.1, -0.05) is 0 Å². The Morgan fingerprint density at radius 3 is 2.47 bits per heavy atom. The molecule has 1 aliphatic rings. The molecule has 0 atom stereocenters. The Hall–Kier alpha value is -1.05. The highest BCUT2D eigenvalue weighted by molar-refractivity contribution is 5.77. The third-order valence-corrected chi connectivity index (χ3v) is 2.68. The van der Waals surface area contributed by atoms with Crippen LogP contribution in [-0.4, -0.2) is 62.0 Å². The molecule has 0 spiro atoms. The molecule has 0 aromatic heterocycles. The second kappa shape index (κ2) is 6.44. The van der Waals surface area contributed by atoms with Gasteiger partial charge in [0.1, 0.15) is 0 Å². The summed E-state index contributed by atoms with van der Waals surface area (Å²) in [6.45, 7) is 5.43. The summed E-state index contributed by atoms with van der Waals surface area (Å²) in [4.78, 5) is 15.7. The fourth-order valence-electron chi connectivity index (χ4n) is 1.68. The summed E-state index contributed by atoms with van der Waals surface area (Å²) in [5.41, 5.74) is 0. The number of terminal acetylenes is 1. The summed E-state index contributed by atoms with van der Waals surface area (Å²) in [5.74, 6) is 2.74. The number of carbonyl (C=O) groups is 1. The highest BCUT2D eigenvalue weighted by Gasteiger charge is 2.17. The van der Waals surface area contributed by atoms with E-state index >= 15 is 0 Å². The monoisotopic (exact) mass is 209 g/mol. The standard InChI is InChI=1S/C11H19N3O/c1-3-4-5-13-6-8-14(9-7-13)10-11(15)12-2/h1H,4-10H2,2H3,(H,12,15). The molecule has 0 aromatic carbocycles. The maximum atomic E-state index is 11.1. The molecule has 1 amide bonds. The number of rotatable bonds is 4. The molecule has 4 nitrogen and oxygen atoms in total. The Labute approximate surface area is 91.6 Å². The van der Waals surface area contributed by atoms with Gasteiger partial charge in [-0.05, 0) is 0 Å². The molecule has 0 unspecified atom stereocenters. The van der Waals surface area contributed by atoms with Gasteiger partial charge in [-0.2, -0.15) is 0 Å². The first-order valence-electron chi connectivity index (χ1n) is 5.35. The van der Waals surface area contributed by atoms with Crippen molar-refractivity contribution in [3.05, 3.63) is 0 Å². The van der Waals surface area contributed by atoms with Gasteiger partial charge < -0.3 is 5.32 Å². The van der Waals surface area contributed by atoms with Crippen molar-refractivity contribution in [3.63, 3.8) is 0 Å². The minimum Gasteiger partial charge on any atom is -0.358 e. The second-order valence-corrected chi connectivity index (χ2v) is 3.75. The van der Waals surface area contributed by atoms with Crippen LogP contribution in [0.15, 0.2) is 0 Å². The van der Waals surface area contributed by atoms with E-state index in [9.17, 15) is 4.79 Å². The maximum absolute atomic E-state index is 11.1. The molecule has 0 bridgehead atoms. The molecule has 1 heterocycles. The molecule has 0 aromatic rings. The van der Waals surface area contributed by atoms with Crippen LogP contribution in [-0.2, 0) is 4.79 Å². The Balaban J connectivity index is 2.18. The first kappa shape index (κ1) is 12.0. The predicted octanol–water partition coefficient (Wildman–Crippen LogP) is -0.627. The Morgan fingerprint density at radius 1 is 1.33 bits per heavy atom. The van der Waals surface area contributed by atoms with Crippen LogP contribution in [0.4, 0.5) is 0 Å². The molecule has 1 rings (SSSR count). The van der Waals surface area contributed by atoms with Crippen molar-refractivity contribution in [3.8, 4) is 12.3 Å². The van der Waals surface area contributed by atoms with Crippen molar-refractivity contribution in [2.24, 2.45) is 0 Å². The molecule has 0 saturated carbocycles. The van der Waals surface area contributed by atoms with Gasteiger partial charge in [-0.3, -0.25) is 14.6 Å². The lowest BCUT2D eigenvalue weighted by molar-refractivity contribution is -0.122. The lowest BCUT2D eigenvalue weighted by Crippen LogP contribution is -2.49. The zero-order valence-electron chi connectivity index (χ0n) is 9.33. The van der Waals surface area contributed by atoms with Gasteiger partial charge in [0.25, 0.3) is 0 Å². The van der Waals surface area contributed by atoms with Crippen molar-refractivity contribution in [2.75, 3.05) is 46.3 Å². The van der Waals surface area contributed by atoms with Gasteiger partial charge in [-0.15, -0.1) is 12.3 Å². The van der Waals surface area contributed by atoms with Crippen molar-refractivity contribution in [2.45, 2.75) is 6.42 Å². The summed E-state index contributed by atoms with van der Waals surface area (Å²) < 4.78 is 0. The topological polar surface area (TPSA) is 35.6 Å². The van der Waals surface area contributed by atoms with Crippen LogP contribution in [0.2, 0.25) is 0 Å². The van der Waals surface area contributed by atoms with E-state index in [4.69, 9.17) is 6.42 Å². The van der Waals surface area contributed by atoms with Crippen LogP contribution in [0.3, 0.4) is 0 Å². The average Bonchev–Trinajstić information content (AvgIpc) is 2.28. The van der Waals surface area contributed by atoms with Crippen LogP contribution < -0.4 is 5.32 Å². The molecule has 1 aliphatic heterocycles. The molecule has 4 heteroatoms. The Kier molecular flexibility index (Phi) is 5.16. The van der Waals surface area contributed by atoms with Crippen LogP contribution in [0.5, 0.6) is 0 Å². The van der Waals surface area contributed by atoms with Crippen molar-refractivity contribution < 1.29 is 4.79 Å². The first-order valence-corrected chi connectivity index (χ1v) is 5.35. The molecule has 1 saturated heterocycles. The highest BCUT2D eigenvalue weighted by atomic mass is 16.1. The van der Waals surface area contributed by atoms with E-state index in [1.165, 1.54) is 0 Å². The third-order valence-electron chi connectivity index (χ3n) is 2.68. The molecule has 1 N–H and O–H groups in total. The van der Waals surface area contributed by atoms with Crippen molar-refractivity contribution in [1.82, 2.24) is 15.1 Å². The molecular formula is C11H19N3O. The fourth-order valence-corrected chi connectivity index (χ4v) is 1.68. The van der Waals surface area contributed by atoms with E-state index < -0.39 is 0 Å². The van der Waals surface area contributed by atoms with Gasteiger partial charge in [-0.25, -0.2) is 0 Å². The number of hydrogen-bond acceptors (Lipinski definition) is 3. The molecule has 15 heavy (non-hydrogen) atoms. The van der Waals surface area contributed by atoms with Crippen molar-refractivity contribution in [1.29, 1.82) is 0 Å².